The Morgan fingerprint density at radius 1 is 1.28 bits per heavy atom. The number of rotatable bonds is 6. The Balaban J connectivity index is 1.76. The van der Waals surface area contributed by atoms with Crippen molar-refractivity contribution in [3.63, 3.8) is 0 Å². The summed E-state index contributed by atoms with van der Waals surface area (Å²) < 4.78 is 32.6. The fourth-order valence-corrected chi connectivity index (χ4v) is 5.39. The van der Waals surface area contributed by atoms with E-state index in [0.29, 0.717) is 25.1 Å². The van der Waals surface area contributed by atoms with E-state index in [2.05, 4.69) is 5.32 Å². The van der Waals surface area contributed by atoms with E-state index >= 15 is 0 Å². The normalized spacial score (nSPS) is 17.7. The lowest BCUT2D eigenvalue weighted by atomic mass is 9.98. The minimum Gasteiger partial charge on any atom is -0.495 e. The van der Waals surface area contributed by atoms with Crippen molar-refractivity contribution in [2.75, 3.05) is 25.5 Å². The molecule has 1 aliphatic heterocycles. The number of para-hydroxylation sites is 1. The first-order valence-corrected chi connectivity index (χ1v) is 11.4. The molecule has 1 N–H and O–H groups in total. The number of amides is 1. The van der Waals surface area contributed by atoms with Gasteiger partial charge in [-0.2, -0.15) is 4.31 Å². The second kappa shape index (κ2) is 9.15. The van der Waals surface area contributed by atoms with Crippen LogP contribution in [0.1, 0.15) is 25.3 Å². The number of hydrogen-bond acceptors (Lipinski definition) is 4. The van der Waals surface area contributed by atoms with Crippen LogP contribution in [-0.2, 0) is 21.2 Å². The minimum absolute atomic E-state index is 0.0979. The van der Waals surface area contributed by atoms with E-state index < -0.39 is 15.9 Å². The van der Waals surface area contributed by atoms with E-state index in [0.717, 1.165) is 17.7 Å². The fourth-order valence-electron chi connectivity index (χ4n) is 3.52. The van der Waals surface area contributed by atoms with Crippen LogP contribution in [0.4, 0.5) is 5.69 Å². The number of anilines is 1. The molecule has 0 saturated carbocycles. The predicted molar refractivity (Wildman–Crippen MR) is 114 cm³/mol. The fraction of sp³-hybridized carbons (Fsp3) is 0.381. The number of aryl methyl sites for hydroxylation is 1. The van der Waals surface area contributed by atoms with Crippen molar-refractivity contribution in [1.82, 2.24) is 4.31 Å². The third kappa shape index (κ3) is 4.74. The number of methoxy groups -OCH3 is 1. The molecule has 6 nitrogen and oxygen atoms in total. The number of benzene rings is 2. The predicted octanol–water partition coefficient (Wildman–Crippen LogP) is 3.95. The summed E-state index contributed by atoms with van der Waals surface area (Å²) in [6.45, 7) is 2.55. The second-order valence-electron chi connectivity index (χ2n) is 7.00. The highest BCUT2D eigenvalue weighted by molar-refractivity contribution is 7.89. The van der Waals surface area contributed by atoms with E-state index in [1.807, 2.05) is 31.2 Å². The van der Waals surface area contributed by atoms with Crippen molar-refractivity contribution in [2.24, 2.45) is 5.92 Å². The summed E-state index contributed by atoms with van der Waals surface area (Å²) >= 11 is 6.10. The maximum absolute atomic E-state index is 13.1. The topological polar surface area (TPSA) is 75.7 Å². The van der Waals surface area contributed by atoms with Gasteiger partial charge >= 0.3 is 0 Å². The smallest absolute Gasteiger partial charge is 0.243 e. The summed E-state index contributed by atoms with van der Waals surface area (Å²) in [5, 5.41) is 3.20. The summed E-state index contributed by atoms with van der Waals surface area (Å²) in [5.74, 6) is -0.146. The highest BCUT2D eigenvalue weighted by atomic mass is 35.5. The van der Waals surface area contributed by atoms with Gasteiger partial charge in [0.05, 0.1) is 22.9 Å². The van der Waals surface area contributed by atoms with Crippen LogP contribution in [0.5, 0.6) is 5.75 Å². The van der Waals surface area contributed by atoms with Crippen molar-refractivity contribution in [3.05, 3.63) is 53.1 Å². The molecule has 1 heterocycles. The van der Waals surface area contributed by atoms with Crippen LogP contribution in [0.2, 0.25) is 5.02 Å². The molecule has 2 aromatic rings. The zero-order valence-corrected chi connectivity index (χ0v) is 18.1. The van der Waals surface area contributed by atoms with Crippen LogP contribution in [0.3, 0.4) is 0 Å². The van der Waals surface area contributed by atoms with Gasteiger partial charge < -0.3 is 10.1 Å². The van der Waals surface area contributed by atoms with Crippen molar-refractivity contribution in [1.29, 1.82) is 0 Å². The van der Waals surface area contributed by atoms with Crippen LogP contribution in [0, 0.1) is 5.92 Å². The van der Waals surface area contributed by atoms with E-state index in [9.17, 15) is 13.2 Å². The average molecular weight is 437 g/mol. The summed E-state index contributed by atoms with van der Waals surface area (Å²) in [6.07, 6.45) is 2.08. The summed E-state index contributed by atoms with van der Waals surface area (Å²) in [7, 11) is -2.28. The molecule has 1 unspecified atom stereocenters. The zero-order chi connectivity index (χ0) is 21.0. The van der Waals surface area contributed by atoms with Gasteiger partial charge in [0, 0.05) is 18.8 Å². The molecule has 1 amide bonds. The van der Waals surface area contributed by atoms with Crippen molar-refractivity contribution >= 4 is 33.2 Å². The molecule has 0 spiro atoms. The van der Waals surface area contributed by atoms with E-state index in [1.165, 1.54) is 29.6 Å². The average Bonchev–Trinajstić information content (AvgIpc) is 2.74. The molecule has 0 bridgehead atoms. The van der Waals surface area contributed by atoms with Crippen molar-refractivity contribution in [2.45, 2.75) is 31.1 Å². The van der Waals surface area contributed by atoms with E-state index in [1.54, 1.807) is 0 Å². The molecule has 8 heteroatoms. The summed E-state index contributed by atoms with van der Waals surface area (Å²) in [4.78, 5) is 12.9. The maximum atomic E-state index is 13.1. The lowest BCUT2D eigenvalue weighted by molar-refractivity contribution is -0.120. The molecule has 3 rings (SSSR count). The quantitative estimate of drug-likeness (QED) is 0.743. The molecular formula is C21H25ClN2O4S. The van der Waals surface area contributed by atoms with Gasteiger partial charge in [0.25, 0.3) is 0 Å². The Bertz CT molecular complexity index is 994. The Hall–Kier alpha value is -2.09. The SMILES string of the molecule is CCc1ccccc1NC(=O)C1CCCN(S(=O)(=O)c2ccc(OC)c(Cl)c2)C1. The number of hydrogen-bond donors (Lipinski definition) is 1. The maximum Gasteiger partial charge on any atom is 0.243 e. The molecule has 1 saturated heterocycles. The second-order valence-corrected chi connectivity index (χ2v) is 9.34. The summed E-state index contributed by atoms with van der Waals surface area (Å²) in [5.41, 5.74) is 1.83. The van der Waals surface area contributed by atoms with Gasteiger partial charge in [-0.15, -0.1) is 0 Å². The number of nitrogens with one attached hydrogen (secondary N) is 1. The van der Waals surface area contributed by atoms with Crippen LogP contribution < -0.4 is 10.1 Å². The highest BCUT2D eigenvalue weighted by Crippen LogP contribution is 2.30. The molecule has 156 valence electrons. The highest BCUT2D eigenvalue weighted by Gasteiger charge is 2.33. The van der Waals surface area contributed by atoms with E-state index in [-0.39, 0.29) is 22.4 Å². The Kier molecular flexibility index (Phi) is 6.82. The molecule has 29 heavy (non-hydrogen) atoms. The van der Waals surface area contributed by atoms with Gasteiger partial charge in [-0.25, -0.2) is 8.42 Å². The lowest BCUT2D eigenvalue weighted by Crippen LogP contribution is -2.43. The monoisotopic (exact) mass is 436 g/mol. The number of halogens is 1. The van der Waals surface area contributed by atoms with Crippen molar-refractivity contribution < 1.29 is 17.9 Å². The third-order valence-electron chi connectivity index (χ3n) is 5.17. The van der Waals surface area contributed by atoms with Crippen LogP contribution in [-0.4, -0.2) is 38.8 Å². The third-order valence-corrected chi connectivity index (χ3v) is 7.33. The first-order valence-electron chi connectivity index (χ1n) is 9.59. The van der Waals surface area contributed by atoms with Crippen LogP contribution in [0.15, 0.2) is 47.4 Å². The van der Waals surface area contributed by atoms with Gasteiger partial charge in [0.2, 0.25) is 15.9 Å². The van der Waals surface area contributed by atoms with Gasteiger partial charge in [0.15, 0.2) is 0 Å². The molecule has 0 aromatic heterocycles. The molecule has 2 aromatic carbocycles. The number of carbonyl (C=O) groups is 1. The zero-order valence-electron chi connectivity index (χ0n) is 16.5. The molecule has 1 aliphatic rings. The first kappa shape index (κ1) is 21.6. The van der Waals surface area contributed by atoms with Gasteiger partial charge in [0.1, 0.15) is 5.75 Å². The lowest BCUT2D eigenvalue weighted by Gasteiger charge is -2.31. The molecule has 1 atom stereocenters. The van der Waals surface area contributed by atoms with Crippen molar-refractivity contribution in [3.8, 4) is 5.75 Å². The number of nitrogens with zero attached hydrogens (tertiary/aromatic N) is 1. The number of carbonyl (C=O) groups excluding carboxylic acids is 1. The number of sulfonamides is 1. The Labute approximate surface area is 176 Å². The molecule has 0 radical (unpaired) electrons. The first-order chi connectivity index (χ1) is 13.9. The minimum atomic E-state index is -3.75. The van der Waals surface area contributed by atoms with Gasteiger partial charge in [-0.1, -0.05) is 36.7 Å². The largest absolute Gasteiger partial charge is 0.495 e. The number of piperidine rings is 1. The summed E-state index contributed by atoms with van der Waals surface area (Å²) in [6, 6.07) is 12.0. The van der Waals surface area contributed by atoms with E-state index in [4.69, 9.17) is 16.3 Å². The Morgan fingerprint density at radius 2 is 2.03 bits per heavy atom. The van der Waals surface area contributed by atoms with Gasteiger partial charge in [-0.3, -0.25) is 4.79 Å². The molecular weight excluding hydrogens is 412 g/mol. The standard InChI is InChI=1S/C21H25ClN2O4S/c1-3-15-7-4-5-9-19(15)23-21(25)16-8-6-12-24(14-16)29(26,27)17-10-11-20(28-2)18(22)13-17/h4-5,7,9-11,13,16H,3,6,8,12,14H2,1-2H3,(H,23,25). The molecule has 1 fully saturated rings. The van der Waals surface area contributed by atoms with Gasteiger partial charge in [-0.05, 0) is 49.1 Å². The molecule has 0 aliphatic carbocycles. The van der Waals surface area contributed by atoms with Crippen LogP contribution >= 0.6 is 11.6 Å². The number of ether oxygens (including phenoxy) is 1. The Morgan fingerprint density at radius 3 is 2.72 bits per heavy atom. The van der Waals surface area contributed by atoms with Crippen LogP contribution in [0.25, 0.3) is 0 Å².